The standard InChI is InChI=1S/C16H20N4/c1-3-14-15-13(16(17)19-11(2)18-15)10-20(14)9-12-7-5-4-6-8-12/h4-8,14H,3,9-10H2,1-2H3,(H2,17,18,19). The minimum absolute atomic E-state index is 0.342. The predicted molar refractivity (Wildman–Crippen MR) is 79.9 cm³/mol. The van der Waals surface area contributed by atoms with E-state index < -0.39 is 0 Å². The van der Waals surface area contributed by atoms with Crippen molar-refractivity contribution >= 4 is 5.82 Å². The molecule has 2 aromatic rings. The lowest BCUT2D eigenvalue weighted by molar-refractivity contribution is 0.199. The van der Waals surface area contributed by atoms with Gasteiger partial charge in [0.1, 0.15) is 11.6 Å². The number of benzene rings is 1. The molecule has 1 aliphatic heterocycles. The molecule has 20 heavy (non-hydrogen) atoms. The molecule has 2 heterocycles. The molecular formula is C16H20N4. The normalized spacial score (nSPS) is 18.2. The maximum atomic E-state index is 6.07. The number of aromatic nitrogens is 2. The Morgan fingerprint density at radius 2 is 2.00 bits per heavy atom. The van der Waals surface area contributed by atoms with E-state index in [2.05, 4.69) is 46.1 Å². The molecule has 0 saturated heterocycles. The van der Waals surface area contributed by atoms with Crippen LogP contribution < -0.4 is 5.73 Å². The Hall–Kier alpha value is -1.94. The Balaban J connectivity index is 1.91. The number of anilines is 1. The average molecular weight is 268 g/mol. The van der Waals surface area contributed by atoms with Crippen molar-refractivity contribution in [2.45, 2.75) is 39.4 Å². The van der Waals surface area contributed by atoms with Crippen LogP contribution >= 0.6 is 0 Å². The van der Waals surface area contributed by atoms with Gasteiger partial charge in [-0.05, 0) is 18.9 Å². The second-order valence-corrected chi connectivity index (χ2v) is 5.33. The topological polar surface area (TPSA) is 55.0 Å². The molecular weight excluding hydrogens is 248 g/mol. The quantitative estimate of drug-likeness (QED) is 0.930. The highest BCUT2D eigenvalue weighted by Gasteiger charge is 2.32. The smallest absolute Gasteiger partial charge is 0.131 e. The third-order valence-corrected chi connectivity index (χ3v) is 3.92. The number of aryl methyl sites for hydroxylation is 1. The van der Waals surface area contributed by atoms with Gasteiger partial charge in [-0.2, -0.15) is 0 Å². The van der Waals surface area contributed by atoms with Gasteiger partial charge in [-0.15, -0.1) is 0 Å². The van der Waals surface area contributed by atoms with Gasteiger partial charge in [0.05, 0.1) is 11.7 Å². The lowest BCUT2D eigenvalue weighted by atomic mass is 10.1. The van der Waals surface area contributed by atoms with E-state index in [9.17, 15) is 0 Å². The van der Waals surface area contributed by atoms with E-state index in [-0.39, 0.29) is 0 Å². The third-order valence-electron chi connectivity index (χ3n) is 3.92. The Morgan fingerprint density at radius 1 is 1.25 bits per heavy atom. The molecule has 0 bridgehead atoms. The highest BCUT2D eigenvalue weighted by Crippen LogP contribution is 2.37. The summed E-state index contributed by atoms with van der Waals surface area (Å²) >= 11 is 0. The summed E-state index contributed by atoms with van der Waals surface area (Å²) < 4.78 is 0. The average Bonchev–Trinajstić information content (AvgIpc) is 2.77. The molecule has 1 aromatic heterocycles. The van der Waals surface area contributed by atoms with Crippen LogP contribution in [-0.4, -0.2) is 14.9 Å². The van der Waals surface area contributed by atoms with Crippen molar-refractivity contribution in [3.05, 3.63) is 53.0 Å². The number of rotatable bonds is 3. The summed E-state index contributed by atoms with van der Waals surface area (Å²) in [5.41, 5.74) is 9.62. The highest BCUT2D eigenvalue weighted by molar-refractivity contribution is 5.46. The lowest BCUT2D eigenvalue weighted by Gasteiger charge is -2.23. The van der Waals surface area contributed by atoms with Gasteiger partial charge >= 0.3 is 0 Å². The second-order valence-electron chi connectivity index (χ2n) is 5.33. The first-order valence-electron chi connectivity index (χ1n) is 7.10. The van der Waals surface area contributed by atoms with E-state index in [1.807, 2.05) is 13.0 Å². The molecule has 0 aliphatic carbocycles. The summed E-state index contributed by atoms with van der Waals surface area (Å²) in [5.74, 6) is 1.41. The van der Waals surface area contributed by atoms with Crippen molar-refractivity contribution in [3.8, 4) is 0 Å². The molecule has 0 amide bonds. The fourth-order valence-corrected chi connectivity index (χ4v) is 3.00. The van der Waals surface area contributed by atoms with E-state index in [0.29, 0.717) is 11.9 Å². The van der Waals surface area contributed by atoms with Crippen LogP contribution in [0.15, 0.2) is 30.3 Å². The molecule has 4 heteroatoms. The first-order valence-corrected chi connectivity index (χ1v) is 7.10. The third kappa shape index (κ3) is 2.27. The van der Waals surface area contributed by atoms with Gasteiger partial charge < -0.3 is 5.73 Å². The number of nitrogens with zero attached hydrogens (tertiary/aromatic N) is 3. The summed E-state index contributed by atoms with van der Waals surface area (Å²) in [6.07, 6.45) is 1.04. The highest BCUT2D eigenvalue weighted by atomic mass is 15.2. The van der Waals surface area contributed by atoms with Gasteiger partial charge in [0.15, 0.2) is 0 Å². The van der Waals surface area contributed by atoms with E-state index in [0.717, 1.165) is 36.6 Å². The minimum Gasteiger partial charge on any atom is -0.383 e. The van der Waals surface area contributed by atoms with Crippen LogP contribution in [0.2, 0.25) is 0 Å². The number of fused-ring (bicyclic) bond motifs is 1. The van der Waals surface area contributed by atoms with Crippen LogP contribution in [0.1, 0.15) is 42.0 Å². The fraction of sp³-hybridized carbons (Fsp3) is 0.375. The van der Waals surface area contributed by atoms with Gasteiger partial charge in [0.25, 0.3) is 0 Å². The van der Waals surface area contributed by atoms with Gasteiger partial charge in [-0.25, -0.2) is 9.97 Å². The van der Waals surface area contributed by atoms with Crippen molar-refractivity contribution in [2.24, 2.45) is 0 Å². The van der Waals surface area contributed by atoms with Crippen molar-refractivity contribution in [3.63, 3.8) is 0 Å². The molecule has 1 atom stereocenters. The van der Waals surface area contributed by atoms with Crippen molar-refractivity contribution < 1.29 is 0 Å². The summed E-state index contributed by atoms with van der Waals surface area (Å²) in [6.45, 7) is 5.87. The maximum absolute atomic E-state index is 6.07. The summed E-state index contributed by atoms with van der Waals surface area (Å²) in [5, 5.41) is 0. The van der Waals surface area contributed by atoms with Gasteiger partial charge in [0, 0.05) is 18.7 Å². The Morgan fingerprint density at radius 3 is 2.70 bits per heavy atom. The molecule has 1 unspecified atom stereocenters. The number of hydrogen-bond acceptors (Lipinski definition) is 4. The summed E-state index contributed by atoms with van der Waals surface area (Å²) in [4.78, 5) is 11.4. The van der Waals surface area contributed by atoms with Crippen molar-refractivity contribution in [2.75, 3.05) is 5.73 Å². The molecule has 0 saturated carbocycles. The van der Waals surface area contributed by atoms with E-state index in [1.54, 1.807) is 0 Å². The molecule has 2 N–H and O–H groups in total. The zero-order valence-electron chi connectivity index (χ0n) is 12.0. The van der Waals surface area contributed by atoms with Crippen LogP contribution in [0.5, 0.6) is 0 Å². The Labute approximate surface area is 119 Å². The first kappa shape index (κ1) is 13.1. The minimum atomic E-state index is 0.342. The van der Waals surface area contributed by atoms with E-state index >= 15 is 0 Å². The Bertz CT molecular complexity index is 609. The van der Waals surface area contributed by atoms with Crippen LogP contribution in [0.25, 0.3) is 0 Å². The van der Waals surface area contributed by atoms with Gasteiger partial charge in [-0.3, -0.25) is 4.90 Å². The number of nitrogens with two attached hydrogens (primary N) is 1. The van der Waals surface area contributed by atoms with Gasteiger partial charge in [-0.1, -0.05) is 37.3 Å². The molecule has 1 aromatic carbocycles. The summed E-state index contributed by atoms with van der Waals surface area (Å²) in [7, 11) is 0. The molecule has 0 spiro atoms. The van der Waals surface area contributed by atoms with Crippen LogP contribution in [0.4, 0.5) is 5.82 Å². The summed E-state index contributed by atoms with van der Waals surface area (Å²) in [6, 6.07) is 10.9. The number of nitrogen functional groups attached to an aromatic ring is 1. The molecule has 104 valence electrons. The molecule has 3 rings (SSSR count). The van der Waals surface area contributed by atoms with Gasteiger partial charge in [0.2, 0.25) is 0 Å². The largest absolute Gasteiger partial charge is 0.383 e. The zero-order valence-corrected chi connectivity index (χ0v) is 12.0. The molecule has 0 fully saturated rings. The number of hydrogen-bond donors (Lipinski definition) is 1. The van der Waals surface area contributed by atoms with Crippen molar-refractivity contribution in [1.29, 1.82) is 0 Å². The van der Waals surface area contributed by atoms with Crippen LogP contribution in [0.3, 0.4) is 0 Å². The molecule has 4 nitrogen and oxygen atoms in total. The monoisotopic (exact) mass is 268 g/mol. The van der Waals surface area contributed by atoms with Crippen LogP contribution in [0, 0.1) is 6.92 Å². The van der Waals surface area contributed by atoms with Crippen molar-refractivity contribution in [1.82, 2.24) is 14.9 Å². The lowest BCUT2D eigenvalue weighted by Crippen LogP contribution is -2.21. The predicted octanol–water partition coefficient (Wildman–Crippen LogP) is 2.83. The molecule has 0 radical (unpaired) electrons. The maximum Gasteiger partial charge on any atom is 0.131 e. The van der Waals surface area contributed by atoms with E-state index in [4.69, 9.17) is 5.73 Å². The zero-order chi connectivity index (χ0) is 14.1. The molecule has 1 aliphatic rings. The Kier molecular flexibility index (Phi) is 3.40. The fourth-order valence-electron chi connectivity index (χ4n) is 3.00. The SMILES string of the molecule is CCC1c2nc(C)nc(N)c2CN1Cc1ccccc1. The van der Waals surface area contributed by atoms with E-state index in [1.165, 1.54) is 5.56 Å². The first-order chi connectivity index (χ1) is 9.69. The van der Waals surface area contributed by atoms with Crippen LogP contribution in [-0.2, 0) is 13.1 Å². The second kappa shape index (κ2) is 5.21.